The first-order chi connectivity index (χ1) is 9.41. The number of nitrogens with zero attached hydrogens (tertiary/aromatic N) is 1. The van der Waals surface area contributed by atoms with Gasteiger partial charge < -0.3 is 33.5 Å². The van der Waals surface area contributed by atoms with E-state index >= 15 is 0 Å². The van der Waals surface area contributed by atoms with Crippen LogP contribution in [0.25, 0.3) is 5.32 Å². The molecular formula is C15H34ClN4OTi. The Hall–Kier alpha value is 0.514. The average molecular weight is 370 g/mol. The maximum absolute atomic E-state index is 8.68. The van der Waals surface area contributed by atoms with Crippen molar-refractivity contribution < 1.29 is 26.5 Å². The van der Waals surface area contributed by atoms with Gasteiger partial charge in [-0.25, -0.2) is 0 Å². The van der Waals surface area contributed by atoms with Gasteiger partial charge >= 0.3 is 21.7 Å². The molecule has 0 spiro atoms. The molecule has 0 saturated carbocycles. The molecule has 7 heteroatoms. The zero-order chi connectivity index (χ0) is 14.0. The monoisotopic (exact) mass is 369 g/mol. The van der Waals surface area contributed by atoms with Gasteiger partial charge in [-0.2, -0.15) is 6.92 Å². The van der Waals surface area contributed by atoms with E-state index in [2.05, 4.69) is 21.3 Å². The summed E-state index contributed by atoms with van der Waals surface area (Å²) in [4.78, 5) is 8.68. The van der Waals surface area contributed by atoms with Gasteiger partial charge in [0.05, 0.1) is 0 Å². The normalized spacial score (nSPS) is 18.0. The van der Waals surface area contributed by atoms with Gasteiger partial charge in [0.1, 0.15) is 0 Å². The second-order valence-electron chi connectivity index (χ2n) is 4.54. The average Bonchev–Trinajstić information content (AvgIpc) is 2.40. The SMILES string of the molecule is C1C[N-]CCCNCCCNCCCNC1.C[C-]=O.Cl.[CH3-].[Ti+3]. The Morgan fingerprint density at radius 2 is 1.05 bits per heavy atom. The van der Waals surface area contributed by atoms with Crippen molar-refractivity contribution in [3.63, 3.8) is 0 Å². The number of hydrogen-bond donors (Lipinski definition) is 3. The summed E-state index contributed by atoms with van der Waals surface area (Å²) < 4.78 is 0. The maximum Gasteiger partial charge on any atom is 3.00 e. The topological polar surface area (TPSA) is 67.3 Å². The summed E-state index contributed by atoms with van der Waals surface area (Å²) in [6.07, 6.45) is 6.32. The van der Waals surface area contributed by atoms with E-state index in [0.717, 1.165) is 52.4 Å². The first kappa shape index (κ1) is 30.4. The van der Waals surface area contributed by atoms with Crippen LogP contribution in [-0.4, -0.2) is 58.6 Å². The molecule has 1 radical (unpaired) electrons. The second kappa shape index (κ2) is 29.5. The Labute approximate surface area is 158 Å². The zero-order valence-corrected chi connectivity index (χ0v) is 16.6. The molecule has 0 aromatic rings. The van der Waals surface area contributed by atoms with Gasteiger partial charge in [0.25, 0.3) is 0 Å². The fraction of sp³-hybridized carbons (Fsp3) is 0.867. The Bertz CT molecular complexity index is 127. The van der Waals surface area contributed by atoms with E-state index in [4.69, 9.17) is 4.79 Å². The molecule has 0 unspecified atom stereocenters. The van der Waals surface area contributed by atoms with Crippen molar-refractivity contribution in [3.05, 3.63) is 12.7 Å². The summed E-state index contributed by atoms with van der Waals surface area (Å²) in [5.41, 5.74) is 0. The van der Waals surface area contributed by atoms with E-state index in [-0.39, 0.29) is 41.6 Å². The maximum atomic E-state index is 8.68. The number of carbonyl (C=O) groups excluding carboxylic acids is 1. The van der Waals surface area contributed by atoms with E-state index in [1.807, 2.05) is 0 Å². The van der Waals surface area contributed by atoms with Crippen LogP contribution in [0.4, 0.5) is 0 Å². The van der Waals surface area contributed by atoms with Crippen molar-refractivity contribution in [3.8, 4) is 0 Å². The predicted molar refractivity (Wildman–Crippen MR) is 95.2 cm³/mol. The molecule has 0 amide bonds. The molecule has 0 aliphatic carbocycles. The van der Waals surface area contributed by atoms with Crippen LogP contribution in [0.3, 0.4) is 0 Å². The van der Waals surface area contributed by atoms with Crippen LogP contribution < -0.4 is 16.0 Å². The molecule has 0 aromatic heterocycles. The summed E-state index contributed by atoms with van der Waals surface area (Å²) in [6, 6.07) is 0. The van der Waals surface area contributed by atoms with Crippen LogP contribution in [-0.2, 0) is 26.5 Å². The molecule has 1 heterocycles. The van der Waals surface area contributed by atoms with Crippen LogP contribution in [0, 0.1) is 7.43 Å². The molecule has 22 heavy (non-hydrogen) atoms. The van der Waals surface area contributed by atoms with Gasteiger partial charge in [-0.15, -0.1) is 25.5 Å². The molecule has 1 aliphatic rings. The third-order valence-corrected chi connectivity index (χ3v) is 2.75. The molecule has 1 fully saturated rings. The van der Waals surface area contributed by atoms with Crippen molar-refractivity contribution in [1.82, 2.24) is 16.0 Å². The van der Waals surface area contributed by atoms with Gasteiger partial charge in [0.2, 0.25) is 0 Å². The number of rotatable bonds is 0. The molecular weight excluding hydrogens is 336 g/mol. The molecule has 1 saturated heterocycles. The minimum atomic E-state index is 0. The number of halogens is 1. The van der Waals surface area contributed by atoms with Crippen molar-refractivity contribution in [2.24, 2.45) is 0 Å². The summed E-state index contributed by atoms with van der Waals surface area (Å²) in [5, 5.41) is 14.9. The van der Waals surface area contributed by atoms with E-state index in [1.165, 1.54) is 38.9 Å². The van der Waals surface area contributed by atoms with Crippen molar-refractivity contribution in [2.75, 3.05) is 52.4 Å². The standard InChI is InChI=1S/C12H27N4.C2H3O.CH3.ClH.Ti/c1-5-13-7-2-9-15-11-4-12-16-10-3-8-14-6-1;1-2-3;;;/h13-15H,1-12H2;1H3;1H3;1H;/q3*-1;;+3. The van der Waals surface area contributed by atoms with E-state index in [0.29, 0.717) is 0 Å². The van der Waals surface area contributed by atoms with Crippen molar-refractivity contribution in [1.29, 1.82) is 0 Å². The summed E-state index contributed by atoms with van der Waals surface area (Å²) in [7, 11) is 0. The molecule has 0 bridgehead atoms. The van der Waals surface area contributed by atoms with E-state index < -0.39 is 0 Å². The summed E-state index contributed by atoms with van der Waals surface area (Å²) >= 11 is 0. The minimum absolute atomic E-state index is 0. The summed E-state index contributed by atoms with van der Waals surface area (Å²) in [5.74, 6) is 0. The molecule has 1 aliphatic heterocycles. The second-order valence-corrected chi connectivity index (χ2v) is 4.54. The van der Waals surface area contributed by atoms with E-state index in [9.17, 15) is 0 Å². The Morgan fingerprint density at radius 3 is 1.36 bits per heavy atom. The number of hydrogen-bond acceptors (Lipinski definition) is 4. The minimum Gasteiger partial charge on any atom is -0.662 e. The molecule has 0 atom stereocenters. The zero-order valence-electron chi connectivity index (χ0n) is 14.2. The van der Waals surface area contributed by atoms with Gasteiger partial charge in [0, 0.05) is 0 Å². The largest absolute Gasteiger partial charge is 3.00 e. The number of nitrogens with one attached hydrogen (secondary N) is 3. The molecule has 3 N–H and O–H groups in total. The van der Waals surface area contributed by atoms with Gasteiger partial charge in [-0.1, -0.05) is 12.8 Å². The van der Waals surface area contributed by atoms with Crippen LogP contribution in [0.1, 0.15) is 32.6 Å². The van der Waals surface area contributed by atoms with Gasteiger partial charge in [0.15, 0.2) is 0 Å². The van der Waals surface area contributed by atoms with Gasteiger partial charge in [-0.05, 0) is 52.1 Å². The van der Waals surface area contributed by atoms with Crippen molar-refractivity contribution >= 4 is 18.7 Å². The van der Waals surface area contributed by atoms with Crippen molar-refractivity contribution in [2.45, 2.75) is 32.6 Å². The van der Waals surface area contributed by atoms with Crippen LogP contribution in [0.5, 0.6) is 0 Å². The Kier molecular flexibility index (Phi) is 40.8. The summed E-state index contributed by atoms with van der Waals surface area (Å²) in [6.45, 7) is 10.1. The van der Waals surface area contributed by atoms with Crippen LogP contribution in [0.15, 0.2) is 0 Å². The Balaban J connectivity index is -0.000000249. The fourth-order valence-corrected chi connectivity index (χ4v) is 1.80. The van der Waals surface area contributed by atoms with E-state index in [1.54, 1.807) is 0 Å². The third kappa shape index (κ3) is 28.6. The Morgan fingerprint density at radius 1 is 0.773 bits per heavy atom. The molecule has 131 valence electrons. The fourth-order valence-electron chi connectivity index (χ4n) is 1.80. The smallest absolute Gasteiger partial charge is 0.662 e. The predicted octanol–water partition coefficient (Wildman–Crippen LogP) is 1.69. The quantitative estimate of drug-likeness (QED) is 0.449. The first-order valence-corrected chi connectivity index (χ1v) is 7.46. The van der Waals surface area contributed by atoms with Crippen LogP contribution >= 0.6 is 12.4 Å². The molecule has 0 aromatic carbocycles. The molecule has 5 nitrogen and oxygen atoms in total. The van der Waals surface area contributed by atoms with Gasteiger partial charge in [-0.3, -0.25) is 6.29 Å². The first-order valence-electron chi connectivity index (χ1n) is 7.46. The van der Waals surface area contributed by atoms with Crippen LogP contribution in [0.2, 0.25) is 0 Å². The molecule has 1 rings (SSSR count). The third-order valence-electron chi connectivity index (χ3n) is 2.75.